The maximum atomic E-state index is 12.7. The Labute approximate surface area is 180 Å². The Bertz CT molecular complexity index is 667. The van der Waals surface area contributed by atoms with Crippen LogP contribution in [0.5, 0.6) is 0 Å². The predicted octanol–water partition coefficient (Wildman–Crippen LogP) is -1.59. The average Bonchev–Trinajstić information content (AvgIpc) is 2.66. The molecule has 0 aromatic carbocycles. The van der Waals surface area contributed by atoms with Crippen LogP contribution in [0.2, 0.25) is 0 Å². The summed E-state index contributed by atoms with van der Waals surface area (Å²) in [5.41, 5.74) is 5.56. The van der Waals surface area contributed by atoms with E-state index in [1.807, 2.05) is 0 Å². The van der Waals surface area contributed by atoms with Crippen molar-refractivity contribution in [2.24, 2.45) is 17.6 Å². The van der Waals surface area contributed by atoms with E-state index in [2.05, 4.69) is 16.0 Å². The smallest absolute Gasteiger partial charge is 0.326 e. The largest absolute Gasteiger partial charge is 0.481 e. The fourth-order valence-corrected chi connectivity index (χ4v) is 2.59. The number of aliphatic hydroxyl groups excluding tert-OH is 1. The summed E-state index contributed by atoms with van der Waals surface area (Å²) in [6, 6.07) is -5.31. The number of hydrogen-bond acceptors (Lipinski definition) is 7. The topological polar surface area (TPSA) is 208 Å². The van der Waals surface area contributed by atoms with E-state index < -0.39 is 78.2 Å². The van der Waals surface area contributed by atoms with E-state index in [1.165, 1.54) is 6.92 Å². The van der Waals surface area contributed by atoms with Gasteiger partial charge in [-0.15, -0.1) is 0 Å². The molecule has 0 aliphatic carbocycles. The van der Waals surface area contributed by atoms with E-state index in [0.717, 1.165) is 0 Å². The summed E-state index contributed by atoms with van der Waals surface area (Å²) in [5, 5.41) is 34.8. The van der Waals surface area contributed by atoms with Crippen molar-refractivity contribution in [1.29, 1.82) is 0 Å². The molecule has 8 N–H and O–H groups in total. The first-order valence-corrected chi connectivity index (χ1v) is 10.0. The molecule has 0 aromatic rings. The quantitative estimate of drug-likeness (QED) is 0.174. The number of carboxylic acid groups (broad SMARTS) is 2. The maximum Gasteiger partial charge on any atom is 0.326 e. The Morgan fingerprint density at radius 2 is 1.35 bits per heavy atom. The third-order valence-electron chi connectivity index (χ3n) is 4.86. The lowest BCUT2D eigenvalue weighted by atomic mass is 9.98. The SMILES string of the molecule is CCC(C)C(NC(=O)C(CC(=O)O)NC(=O)C(NC(=O)C(N)C(C)O)C(C)C)C(=O)O. The van der Waals surface area contributed by atoms with Gasteiger partial charge in [-0.3, -0.25) is 19.2 Å². The summed E-state index contributed by atoms with van der Waals surface area (Å²) in [6.45, 7) is 7.86. The number of carbonyl (C=O) groups excluding carboxylic acids is 3. The molecule has 6 unspecified atom stereocenters. The number of nitrogens with one attached hydrogen (secondary N) is 3. The molecule has 6 atom stereocenters. The molecule has 0 bridgehead atoms. The molecule has 0 rings (SSSR count). The first kappa shape index (κ1) is 28.3. The summed E-state index contributed by atoms with van der Waals surface area (Å²) in [4.78, 5) is 60.0. The molecule has 31 heavy (non-hydrogen) atoms. The zero-order valence-corrected chi connectivity index (χ0v) is 18.4. The number of carbonyl (C=O) groups is 5. The van der Waals surface area contributed by atoms with Gasteiger partial charge in [0.25, 0.3) is 0 Å². The number of nitrogens with two attached hydrogens (primary N) is 1. The van der Waals surface area contributed by atoms with E-state index in [1.54, 1.807) is 27.7 Å². The van der Waals surface area contributed by atoms with Gasteiger partial charge in [-0.1, -0.05) is 34.1 Å². The fourth-order valence-electron chi connectivity index (χ4n) is 2.59. The number of aliphatic carboxylic acids is 2. The average molecular weight is 447 g/mol. The van der Waals surface area contributed by atoms with Crippen molar-refractivity contribution in [3.63, 3.8) is 0 Å². The number of rotatable bonds is 13. The Morgan fingerprint density at radius 3 is 1.74 bits per heavy atom. The molecule has 0 aliphatic rings. The highest BCUT2D eigenvalue weighted by Crippen LogP contribution is 2.10. The third kappa shape index (κ3) is 9.30. The minimum absolute atomic E-state index is 0.438. The van der Waals surface area contributed by atoms with E-state index in [-0.39, 0.29) is 0 Å². The highest BCUT2D eigenvalue weighted by atomic mass is 16.4. The van der Waals surface area contributed by atoms with Gasteiger partial charge in [0.15, 0.2) is 0 Å². The van der Waals surface area contributed by atoms with Crippen LogP contribution in [0.3, 0.4) is 0 Å². The highest BCUT2D eigenvalue weighted by molar-refractivity contribution is 5.95. The van der Waals surface area contributed by atoms with E-state index in [9.17, 15) is 34.2 Å². The monoisotopic (exact) mass is 446 g/mol. The molecule has 0 saturated carbocycles. The molecule has 0 spiro atoms. The Balaban J connectivity index is 5.52. The van der Waals surface area contributed by atoms with E-state index >= 15 is 0 Å². The third-order valence-corrected chi connectivity index (χ3v) is 4.86. The molecule has 0 heterocycles. The van der Waals surface area contributed by atoms with Crippen LogP contribution in [-0.4, -0.2) is 75.3 Å². The molecule has 0 aromatic heterocycles. The summed E-state index contributed by atoms with van der Waals surface area (Å²) in [6.07, 6.45) is -1.52. The number of hydrogen-bond donors (Lipinski definition) is 7. The van der Waals surface area contributed by atoms with Gasteiger partial charge < -0.3 is 37.0 Å². The summed E-state index contributed by atoms with van der Waals surface area (Å²) in [5.74, 6) is -6.21. The maximum absolute atomic E-state index is 12.7. The normalized spacial score (nSPS) is 16.9. The van der Waals surface area contributed by atoms with Crippen molar-refractivity contribution < 1.29 is 39.3 Å². The number of amides is 3. The van der Waals surface area contributed by atoms with Crippen LogP contribution >= 0.6 is 0 Å². The molecular formula is C19H34N4O8. The van der Waals surface area contributed by atoms with Crippen molar-refractivity contribution in [2.45, 2.75) is 77.7 Å². The lowest BCUT2D eigenvalue weighted by molar-refractivity contribution is -0.145. The van der Waals surface area contributed by atoms with Crippen LogP contribution in [0.4, 0.5) is 0 Å². The Kier molecular flexibility index (Phi) is 11.7. The van der Waals surface area contributed by atoms with Gasteiger partial charge in [0, 0.05) is 0 Å². The second-order valence-electron chi connectivity index (χ2n) is 7.87. The van der Waals surface area contributed by atoms with Gasteiger partial charge >= 0.3 is 11.9 Å². The van der Waals surface area contributed by atoms with Crippen molar-refractivity contribution >= 4 is 29.7 Å². The van der Waals surface area contributed by atoms with Gasteiger partial charge in [-0.25, -0.2) is 4.79 Å². The molecule has 0 fully saturated rings. The highest BCUT2D eigenvalue weighted by Gasteiger charge is 2.34. The molecule has 0 radical (unpaired) electrons. The minimum atomic E-state index is -1.57. The molecule has 12 nitrogen and oxygen atoms in total. The Hall–Kier alpha value is -2.73. The van der Waals surface area contributed by atoms with Gasteiger partial charge in [0.1, 0.15) is 24.2 Å². The number of aliphatic hydroxyl groups is 1. The van der Waals surface area contributed by atoms with Gasteiger partial charge in [0.2, 0.25) is 17.7 Å². The van der Waals surface area contributed by atoms with E-state index in [0.29, 0.717) is 6.42 Å². The molecule has 3 amide bonds. The van der Waals surface area contributed by atoms with Crippen LogP contribution in [-0.2, 0) is 24.0 Å². The van der Waals surface area contributed by atoms with Gasteiger partial charge in [-0.05, 0) is 18.8 Å². The summed E-state index contributed by atoms with van der Waals surface area (Å²) in [7, 11) is 0. The van der Waals surface area contributed by atoms with Crippen LogP contribution in [0.1, 0.15) is 47.5 Å². The lowest BCUT2D eigenvalue weighted by Crippen LogP contribution is -2.60. The van der Waals surface area contributed by atoms with Crippen molar-refractivity contribution in [3.8, 4) is 0 Å². The van der Waals surface area contributed by atoms with Gasteiger partial charge in [0.05, 0.1) is 12.5 Å². The van der Waals surface area contributed by atoms with Crippen LogP contribution < -0.4 is 21.7 Å². The lowest BCUT2D eigenvalue weighted by Gasteiger charge is -2.27. The molecule has 178 valence electrons. The van der Waals surface area contributed by atoms with E-state index in [4.69, 9.17) is 10.8 Å². The van der Waals surface area contributed by atoms with Crippen LogP contribution in [0, 0.1) is 11.8 Å². The second kappa shape index (κ2) is 12.8. The second-order valence-corrected chi connectivity index (χ2v) is 7.87. The zero-order valence-electron chi connectivity index (χ0n) is 18.4. The standard InChI is InChI=1S/C19H34N4O8/c1-6-9(4)15(19(30)31)23-16(27)11(7-12(25)26)21-18(29)14(8(2)3)22-17(28)13(20)10(5)24/h8-11,13-15,24H,6-7,20H2,1-5H3,(H,21,29)(H,22,28)(H,23,27)(H,25,26)(H,30,31). The molecule has 0 aliphatic heterocycles. The van der Waals surface area contributed by atoms with Crippen molar-refractivity contribution in [2.75, 3.05) is 0 Å². The first-order chi connectivity index (χ1) is 14.2. The van der Waals surface area contributed by atoms with Crippen LogP contribution in [0.25, 0.3) is 0 Å². The first-order valence-electron chi connectivity index (χ1n) is 10.0. The fraction of sp³-hybridized carbons (Fsp3) is 0.737. The van der Waals surface area contributed by atoms with Crippen molar-refractivity contribution in [3.05, 3.63) is 0 Å². The molecule has 12 heteroatoms. The summed E-state index contributed by atoms with van der Waals surface area (Å²) >= 11 is 0. The molecule has 0 saturated heterocycles. The van der Waals surface area contributed by atoms with Gasteiger partial charge in [-0.2, -0.15) is 0 Å². The summed E-state index contributed by atoms with van der Waals surface area (Å²) < 4.78 is 0. The Morgan fingerprint density at radius 1 is 0.839 bits per heavy atom. The van der Waals surface area contributed by atoms with Crippen LogP contribution in [0.15, 0.2) is 0 Å². The number of carboxylic acids is 2. The molecular weight excluding hydrogens is 412 g/mol. The van der Waals surface area contributed by atoms with Crippen molar-refractivity contribution in [1.82, 2.24) is 16.0 Å². The minimum Gasteiger partial charge on any atom is -0.481 e. The predicted molar refractivity (Wildman–Crippen MR) is 110 cm³/mol. The zero-order chi connectivity index (χ0) is 24.5.